The highest BCUT2D eigenvalue weighted by molar-refractivity contribution is 5.72. The fourth-order valence-corrected chi connectivity index (χ4v) is 2.64. The Morgan fingerprint density at radius 3 is 3.12 bits per heavy atom. The predicted octanol–water partition coefficient (Wildman–Crippen LogP) is 2.49. The van der Waals surface area contributed by atoms with Gasteiger partial charge < -0.3 is 5.32 Å². The molecule has 2 atom stereocenters. The van der Waals surface area contributed by atoms with Crippen molar-refractivity contribution in [1.29, 1.82) is 0 Å². The van der Waals surface area contributed by atoms with Gasteiger partial charge in [0, 0.05) is 25.0 Å². The number of allylic oxidation sites excluding steroid dienone is 1. The zero-order chi connectivity index (χ0) is 11.0. The predicted molar refractivity (Wildman–Crippen MR) is 66.8 cm³/mol. The van der Waals surface area contributed by atoms with Gasteiger partial charge in [-0.2, -0.15) is 0 Å². The van der Waals surface area contributed by atoms with Gasteiger partial charge in [-0.1, -0.05) is 18.7 Å². The first-order chi connectivity index (χ1) is 7.88. The molecule has 0 aromatic carbocycles. The molecule has 1 aromatic rings. The SMILES string of the molecule is C=Cc1cncc(C2=CCCC3CNC23)c1. The lowest BCUT2D eigenvalue weighted by Gasteiger charge is -2.42. The van der Waals surface area contributed by atoms with Gasteiger partial charge >= 0.3 is 0 Å². The number of fused-ring (bicyclic) bond motifs is 1. The summed E-state index contributed by atoms with van der Waals surface area (Å²) in [6, 6.07) is 2.74. The molecule has 2 nitrogen and oxygen atoms in total. The normalized spacial score (nSPS) is 27.6. The molecule has 2 aliphatic rings. The molecule has 1 N–H and O–H groups in total. The maximum absolute atomic E-state index is 4.27. The minimum Gasteiger partial charge on any atom is -0.309 e. The van der Waals surface area contributed by atoms with Gasteiger partial charge in [0.15, 0.2) is 0 Å². The Hall–Kier alpha value is -1.41. The van der Waals surface area contributed by atoms with Gasteiger partial charge in [-0.05, 0) is 41.5 Å². The van der Waals surface area contributed by atoms with E-state index in [4.69, 9.17) is 0 Å². The Balaban J connectivity index is 1.96. The fraction of sp³-hybridized carbons (Fsp3) is 0.357. The third kappa shape index (κ3) is 1.50. The number of pyridine rings is 1. The minimum atomic E-state index is 0.565. The summed E-state index contributed by atoms with van der Waals surface area (Å²) in [5.41, 5.74) is 3.78. The van der Waals surface area contributed by atoms with Crippen molar-refractivity contribution in [2.75, 3.05) is 6.54 Å². The molecule has 1 aliphatic heterocycles. The molecule has 82 valence electrons. The molecule has 2 heterocycles. The van der Waals surface area contributed by atoms with E-state index in [9.17, 15) is 0 Å². The van der Waals surface area contributed by atoms with Crippen LogP contribution < -0.4 is 5.32 Å². The molecule has 0 spiro atoms. The summed E-state index contributed by atoms with van der Waals surface area (Å²) in [6.45, 7) is 4.97. The Morgan fingerprint density at radius 2 is 2.38 bits per heavy atom. The van der Waals surface area contributed by atoms with Crippen LogP contribution in [-0.4, -0.2) is 17.6 Å². The van der Waals surface area contributed by atoms with Crippen molar-refractivity contribution in [3.8, 4) is 0 Å². The molecule has 16 heavy (non-hydrogen) atoms. The Morgan fingerprint density at radius 1 is 1.44 bits per heavy atom. The summed E-state index contributed by atoms with van der Waals surface area (Å²) >= 11 is 0. The number of nitrogens with zero attached hydrogens (tertiary/aromatic N) is 1. The average Bonchev–Trinajstić information content (AvgIpc) is 2.30. The van der Waals surface area contributed by atoms with E-state index < -0.39 is 0 Å². The highest BCUT2D eigenvalue weighted by Gasteiger charge is 2.35. The number of rotatable bonds is 2. The van der Waals surface area contributed by atoms with Crippen LogP contribution in [0.3, 0.4) is 0 Å². The van der Waals surface area contributed by atoms with E-state index in [0.29, 0.717) is 6.04 Å². The summed E-state index contributed by atoms with van der Waals surface area (Å²) < 4.78 is 0. The lowest BCUT2D eigenvalue weighted by Crippen LogP contribution is -2.54. The van der Waals surface area contributed by atoms with E-state index in [1.165, 1.54) is 30.5 Å². The smallest absolute Gasteiger partial charge is 0.0364 e. The van der Waals surface area contributed by atoms with Gasteiger partial charge in [0.05, 0.1) is 0 Å². The van der Waals surface area contributed by atoms with E-state index in [1.807, 2.05) is 18.5 Å². The standard InChI is InChI=1S/C14H16N2/c1-2-10-6-12(8-15-7-10)13-5-3-4-11-9-16-14(11)13/h2,5-8,11,14,16H,1,3-4,9H2. The third-order valence-electron chi connectivity index (χ3n) is 3.64. The lowest BCUT2D eigenvalue weighted by atomic mass is 9.76. The summed E-state index contributed by atoms with van der Waals surface area (Å²) in [6.07, 6.45) is 10.6. The highest BCUT2D eigenvalue weighted by atomic mass is 15.0. The van der Waals surface area contributed by atoms with Crippen LogP contribution in [0.2, 0.25) is 0 Å². The van der Waals surface area contributed by atoms with E-state index in [1.54, 1.807) is 0 Å². The molecule has 2 unspecified atom stereocenters. The van der Waals surface area contributed by atoms with E-state index in [2.05, 4.69) is 29.0 Å². The molecule has 1 fully saturated rings. The summed E-state index contributed by atoms with van der Waals surface area (Å²) in [5.74, 6) is 0.840. The second kappa shape index (κ2) is 3.87. The molecule has 0 saturated carbocycles. The van der Waals surface area contributed by atoms with Gasteiger partial charge in [-0.15, -0.1) is 0 Å². The molecule has 0 bridgehead atoms. The summed E-state index contributed by atoms with van der Waals surface area (Å²) in [4.78, 5) is 4.27. The van der Waals surface area contributed by atoms with Crippen molar-refractivity contribution < 1.29 is 0 Å². The first-order valence-corrected chi connectivity index (χ1v) is 5.90. The van der Waals surface area contributed by atoms with Gasteiger partial charge in [-0.25, -0.2) is 0 Å². The molecule has 1 saturated heterocycles. The number of nitrogens with one attached hydrogen (secondary N) is 1. The zero-order valence-electron chi connectivity index (χ0n) is 9.32. The zero-order valence-corrected chi connectivity index (χ0v) is 9.32. The molecule has 1 aliphatic carbocycles. The lowest BCUT2D eigenvalue weighted by molar-refractivity contribution is 0.262. The maximum atomic E-state index is 4.27. The molecule has 0 radical (unpaired) electrons. The average molecular weight is 212 g/mol. The number of hydrogen-bond acceptors (Lipinski definition) is 2. The largest absolute Gasteiger partial charge is 0.309 e. The van der Waals surface area contributed by atoms with Crippen molar-refractivity contribution in [2.24, 2.45) is 5.92 Å². The van der Waals surface area contributed by atoms with E-state index in [-0.39, 0.29) is 0 Å². The minimum absolute atomic E-state index is 0.565. The van der Waals surface area contributed by atoms with Crippen LogP contribution in [0.4, 0.5) is 0 Å². The topological polar surface area (TPSA) is 24.9 Å². The van der Waals surface area contributed by atoms with Crippen LogP contribution in [0.25, 0.3) is 11.6 Å². The third-order valence-corrected chi connectivity index (χ3v) is 3.64. The molecule has 3 rings (SSSR count). The second-order valence-corrected chi connectivity index (χ2v) is 4.59. The maximum Gasteiger partial charge on any atom is 0.0364 e. The Kier molecular flexibility index (Phi) is 2.37. The first kappa shape index (κ1) is 9.79. The van der Waals surface area contributed by atoms with Crippen LogP contribution >= 0.6 is 0 Å². The van der Waals surface area contributed by atoms with Crippen LogP contribution in [0.1, 0.15) is 24.0 Å². The summed E-state index contributed by atoms with van der Waals surface area (Å²) in [5, 5.41) is 3.51. The second-order valence-electron chi connectivity index (χ2n) is 4.59. The Labute approximate surface area is 96.1 Å². The number of hydrogen-bond donors (Lipinski definition) is 1. The molecule has 0 amide bonds. The van der Waals surface area contributed by atoms with Crippen molar-refractivity contribution in [3.05, 3.63) is 42.2 Å². The van der Waals surface area contributed by atoms with E-state index in [0.717, 1.165) is 11.5 Å². The first-order valence-electron chi connectivity index (χ1n) is 5.90. The van der Waals surface area contributed by atoms with Gasteiger partial charge in [-0.3, -0.25) is 4.98 Å². The molecule has 2 heteroatoms. The van der Waals surface area contributed by atoms with Crippen LogP contribution in [-0.2, 0) is 0 Å². The Bertz CT molecular complexity index is 448. The van der Waals surface area contributed by atoms with Crippen LogP contribution in [0.5, 0.6) is 0 Å². The van der Waals surface area contributed by atoms with Crippen molar-refractivity contribution in [2.45, 2.75) is 18.9 Å². The van der Waals surface area contributed by atoms with Crippen molar-refractivity contribution in [3.63, 3.8) is 0 Å². The number of aromatic nitrogens is 1. The fourth-order valence-electron chi connectivity index (χ4n) is 2.64. The molecule has 1 aromatic heterocycles. The van der Waals surface area contributed by atoms with Gasteiger partial charge in [0.1, 0.15) is 0 Å². The van der Waals surface area contributed by atoms with Crippen molar-refractivity contribution >= 4 is 11.6 Å². The quantitative estimate of drug-likeness (QED) is 0.814. The molecular weight excluding hydrogens is 196 g/mol. The summed E-state index contributed by atoms with van der Waals surface area (Å²) in [7, 11) is 0. The monoisotopic (exact) mass is 212 g/mol. The highest BCUT2D eigenvalue weighted by Crippen LogP contribution is 2.35. The van der Waals surface area contributed by atoms with Crippen molar-refractivity contribution in [1.82, 2.24) is 10.3 Å². The van der Waals surface area contributed by atoms with Gasteiger partial charge in [0.2, 0.25) is 0 Å². The van der Waals surface area contributed by atoms with E-state index >= 15 is 0 Å². The van der Waals surface area contributed by atoms with Crippen LogP contribution in [0.15, 0.2) is 31.1 Å². The van der Waals surface area contributed by atoms with Crippen LogP contribution in [0, 0.1) is 5.92 Å². The molecular formula is C14H16N2. The van der Waals surface area contributed by atoms with Gasteiger partial charge in [0.25, 0.3) is 0 Å².